The van der Waals surface area contributed by atoms with Crippen molar-refractivity contribution < 1.29 is 19.0 Å². The molecule has 0 bridgehead atoms. The molecule has 1 N–H and O–H groups in total. The van der Waals surface area contributed by atoms with Crippen molar-refractivity contribution in [2.75, 3.05) is 33.4 Å². The van der Waals surface area contributed by atoms with Crippen molar-refractivity contribution >= 4 is 0 Å². The van der Waals surface area contributed by atoms with Gasteiger partial charge in [0.1, 0.15) is 0 Å². The maximum atomic E-state index is 12.7. The molecular formula is C13H22FNO3. The van der Waals surface area contributed by atoms with Crippen LogP contribution in [0, 0.1) is 0 Å². The average Bonchev–Trinajstić information content (AvgIpc) is 2.79. The third kappa shape index (κ3) is 2.74. The standard InChI is InChI=1S/C13H22FNO3/c1-10(16)8-18-12-4-13(9-17-2)3-11(5-14)6-15(13)7-12/h5,10,12,16H,3-4,6-9H2,1-2H3/b11-5+/t10-,12+,13-/m1/s1. The molecule has 4 nitrogen and oxygen atoms in total. The fourth-order valence-corrected chi connectivity index (χ4v) is 3.13. The first-order chi connectivity index (χ1) is 8.59. The summed E-state index contributed by atoms with van der Waals surface area (Å²) in [5, 5.41) is 9.24. The van der Waals surface area contributed by atoms with E-state index in [0.29, 0.717) is 26.2 Å². The molecule has 0 aliphatic carbocycles. The van der Waals surface area contributed by atoms with Crippen LogP contribution in [0.2, 0.25) is 0 Å². The number of nitrogens with zero attached hydrogens (tertiary/aromatic N) is 1. The number of aliphatic hydroxyl groups is 1. The van der Waals surface area contributed by atoms with E-state index in [0.717, 1.165) is 24.9 Å². The monoisotopic (exact) mass is 259 g/mol. The molecule has 0 aromatic carbocycles. The molecule has 0 spiro atoms. The number of halogens is 1. The summed E-state index contributed by atoms with van der Waals surface area (Å²) < 4.78 is 23.7. The molecule has 2 aliphatic heterocycles. The van der Waals surface area contributed by atoms with E-state index in [4.69, 9.17) is 9.47 Å². The molecule has 3 atom stereocenters. The zero-order valence-corrected chi connectivity index (χ0v) is 11.1. The van der Waals surface area contributed by atoms with E-state index >= 15 is 0 Å². The minimum absolute atomic E-state index is 0.107. The predicted molar refractivity (Wildman–Crippen MR) is 66.0 cm³/mol. The van der Waals surface area contributed by atoms with Crippen molar-refractivity contribution in [2.45, 2.75) is 37.5 Å². The zero-order chi connectivity index (χ0) is 13.2. The number of rotatable bonds is 5. The Morgan fingerprint density at radius 2 is 2.44 bits per heavy atom. The second kappa shape index (κ2) is 5.65. The lowest BCUT2D eigenvalue weighted by Gasteiger charge is -2.30. The Labute approximate surface area is 107 Å². The quantitative estimate of drug-likeness (QED) is 0.803. The number of aliphatic hydroxyl groups excluding tert-OH is 1. The van der Waals surface area contributed by atoms with Crippen LogP contribution >= 0.6 is 0 Å². The second-order valence-electron chi connectivity index (χ2n) is 5.49. The van der Waals surface area contributed by atoms with E-state index in [2.05, 4.69) is 4.90 Å². The van der Waals surface area contributed by atoms with Crippen LogP contribution in [0.25, 0.3) is 0 Å². The lowest BCUT2D eigenvalue weighted by molar-refractivity contribution is 0.000201. The van der Waals surface area contributed by atoms with Crippen LogP contribution in [0.3, 0.4) is 0 Å². The summed E-state index contributed by atoms with van der Waals surface area (Å²) in [6, 6.07) is 0. The maximum Gasteiger partial charge on any atom is 0.0872 e. The zero-order valence-electron chi connectivity index (χ0n) is 11.1. The van der Waals surface area contributed by atoms with Crippen molar-refractivity contribution in [3.05, 3.63) is 11.9 Å². The number of hydrogen-bond donors (Lipinski definition) is 1. The smallest absolute Gasteiger partial charge is 0.0872 e. The highest BCUT2D eigenvalue weighted by atomic mass is 19.1. The molecule has 2 fully saturated rings. The van der Waals surface area contributed by atoms with Gasteiger partial charge in [0.15, 0.2) is 0 Å². The molecule has 2 rings (SSSR count). The highest BCUT2D eigenvalue weighted by Crippen LogP contribution is 2.42. The summed E-state index contributed by atoms with van der Waals surface area (Å²) in [6.45, 7) is 4.11. The molecule has 0 radical (unpaired) electrons. The lowest BCUT2D eigenvalue weighted by Crippen LogP contribution is -2.42. The fraction of sp³-hybridized carbons (Fsp3) is 0.846. The summed E-state index contributed by atoms with van der Waals surface area (Å²) in [5.74, 6) is 0. The van der Waals surface area contributed by atoms with Gasteiger partial charge >= 0.3 is 0 Å². The molecular weight excluding hydrogens is 237 g/mol. The van der Waals surface area contributed by atoms with Gasteiger partial charge in [0.2, 0.25) is 0 Å². The summed E-state index contributed by atoms with van der Waals surface area (Å²) in [7, 11) is 1.67. The first-order valence-electron chi connectivity index (χ1n) is 6.41. The van der Waals surface area contributed by atoms with Gasteiger partial charge in [-0.15, -0.1) is 0 Å². The molecule has 2 saturated heterocycles. The van der Waals surface area contributed by atoms with Gasteiger partial charge in [0.25, 0.3) is 0 Å². The van der Waals surface area contributed by atoms with Crippen LogP contribution in [-0.2, 0) is 9.47 Å². The van der Waals surface area contributed by atoms with E-state index in [1.165, 1.54) is 0 Å². The van der Waals surface area contributed by atoms with Gasteiger partial charge in [0.05, 0.1) is 37.3 Å². The van der Waals surface area contributed by atoms with Crippen molar-refractivity contribution in [1.82, 2.24) is 4.90 Å². The van der Waals surface area contributed by atoms with Crippen LogP contribution < -0.4 is 0 Å². The molecule has 0 aromatic rings. The topological polar surface area (TPSA) is 41.9 Å². The van der Waals surface area contributed by atoms with Crippen molar-refractivity contribution in [2.24, 2.45) is 0 Å². The van der Waals surface area contributed by atoms with Crippen molar-refractivity contribution in [3.63, 3.8) is 0 Å². The van der Waals surface area contributed by atoms with Crippen LogP contribution in [0.4, 0.5) is 4.39 Å². The molecule has 5 heteroatoms. The Balaban J connectivity index is 1.98. The van der Waals surface area contributed by atoms with Crippen molar-refractivity contribution in [1.29, 1.82) is 0 Å². The highest BCUT2D eigenvalue weighted by Gasteiger charge is 2.50. The molecule has 0 aromatic heterocycles. The van der Waals surface area contributed by atoms with Crippen LogP contribution in [-0.4, -0.2) is 61.2 Å². The Hall–Kier alpha value is -0.490. The first kappa shape index (κ1) is 13.9. The second-order valence-corrected chi connectivity index (χ2v) is 5.49. The molecule has 2 heterocycles. The average molecular weight is 259 g/mol. The fourth-order valence-electron chi connectivity index (χ4n) is 3.13. The van der Waals surface area contributed by atoms with E-state index in [1.54, 1.807) is 14.0 Å². The Kier molecular flexibility index (Phi) is 4.37. The van der Waals surface area contributed by atoms with Gasteiger partial charge < -0.3 is 14.6 Å². The van der Waals surface area contributed by atoms with Gasteiger partial charge in [0, 0.05) is 20.2 Å². The number of ether oxygens (including phenoxy) is 2. The SMILES string of the molecule is COC[C@]12C/C(=C\F)CN1C[C@@H](OC[C@@H](C)O)C2. The third-order valence-electron chi connectivity index (χ3n) is 3.79. The number of fused-ring (bicyclic) bond motifs is 1. The minimum atomic E-state index is -0.444. The Morgan fingerprint density at radius 1 is 1.67 bits per heavy atom. The van der Waals surface area contributed by atoms with Crippen LogP contribution in [0.1, 0.15) is 19.8 Å². The molecule has 0 unspecified atom stereocenters. The van der Waals surface area contributed by atoms with E-state index < -0.39 is 6.10 Å². The number of hydrogen-bond acceptors (Lipinski definition) is 4. The predicted octanol–water partition coefficient (Wildman–Crippen LogP) is 1.10. The largest absolute Gasteiger partial charge is 0.391 e. The Bertz CT molecular complexity index is 321. The first-order valence-corrected chi connectivity index (χ1v) is 6.41. The molecule has 18 heavy (non-hydrogen) atoms. The number of methoxy groups -OCH3 is 1. The van der Waals surface area contributed by atoms with Gasteiger partial charge in [-0.2, -0.15) is 0 Å². The van der Waals surface area contributed by atoms with E-state index in [1.807, 2.05) is 0 Å². The summed E-state index contributed by atoms with van der Waals surface area (Å²) in [5.41, 5.74) is 0.719. The maximum absolute atomic E-state index is 12.7. The van der Waals surface area contributed by atoms with Gasteiger partial charge in [-0.25, -0.2) is 4.39 Å². The normalized spacial score (nSPS) is 36.2. The molecule has 0 saturated carbocycles. The lowest BCUT2D eigenvalue weighted by atomic mass is 9.93. The Morgan fingerprint density at radius 3 is 3.06 bits per heavy atom. The summed E-state index contributed by atoms with van der Waals surface area (Å²) in [4.78, 5) is 2.24. The molecule has 104 valence electrons. The third-order valence-corrected chi connectivity index (χ3v) is 3.79. The molecule has 2 aliphatic rings. The molecule has 0 amide bonds. The highest BCUT2D eigenvalue weighted by molar-refractivity contribution is 5.20. The van der Waals surface area contributed by atoms with E-state index in [-0.39, 0.29) is 11.6 Å². The van der Waals surface area contributed by atoms with Crippen molar-refractivity contribution in [3.8, 4) is 0 Å². The van der Waals surface area contributed by atoms with E-state index in [9.17, 15) is 9.50 Å². The minimum Gasteiger partial charge on any atom is -0.391 e. The van der Waals surface area contributed by atoms with Gasteiger partial charge in [-0.1, -0.05) is 0 Å². The summed E-state index contributed by atoms with van der Waals surface area (Å²) in [6.07, 6.45) is 1.94. The van der Waals surface area contributed by atoms with Crippen LogP contribution in [0.15, 0.2) is 11.9 Å². The van der Waals surface area contributed by atoms with Crippen LogP contribution in [0.5, 0.6) is 0 Å². The van der Waals surface area contributed by atoms with Gasteiger partial charge in [-0.3, -0.25) is 4.90 Å². The van der Waals surface area contributed by atoms with Gasteiger partial charge in [-0.05, 0) is 25.3 Å². The summed E-state index contributed by atoms with van der Waals surface area (Å²) >= 11 is 0.